The van der Waals surface area contributed by atoms with Crippen LogP contribution in [0.3, 0.4) is 0 Å². The zero-order chi connectivity index (χ0) is 10.8. The lowest BCUT2D eigenvalue weighted by Gasteiger charge is -2.24. The van der Waals surface area contributed by atoms with Gasteiger partial charge in [0, 0.05) is 5.92 Å². The zero-order valence-corrected chi connectivity index (χ0v) is 10.8. The predicted molar refractivity (Wildman–Crippen MR) is 64.6 cm³/mol. The molecule has 0 saturated heterocycles. The van der Waals surface area contributed by atoms with Gasteiger partial charge in [-0.25, -0.2) is 0 Å². The van der Waals surface area contributed by atoms with Gasteiger partial charge in [0.2, 0.25) is 0 Å². The number of halogens is 1. The summed E-state index contributed by atoms with van der Waals surface area (Å²) in [5.41, 5.74) is 0. The van der Waals surface area contributed by atoms with Crippen molar-refractivity contribution in [3.63, 3.8) is 0 Å². The highest BCUT2D eigenvalue weighted by molar-refractivity contribution is 7.11. The Kier molecular flexibility index (Phi) is 3.62. The average molecular weight is 245 g/mol. The topological polar surface area (TPSA) is 25.8 Å². The Labute approximate surface area is 100 Å². The van der Waals surface area contributed by atoms with Crippen LogP contribution in [0.25, 0.3) is 0 Å². The molecule has 3 atom stereocenters. The first kappa shape index (κ1) is 11.3. The Morgan fingerprint density at radius 3 is 2.80 bits per heavy atom. The molecule has 0 N–H and O–H groups in total. The van der Waals surface area contributed by atoms with E-state index in [0.717, 1.165) is 10.9 Å². The van der Waals surface area contributed by atoms with E-state index in [1.54, 1.807) is 11.3 Å². The molecule has 1 aromatic heterocycles. The lowest BCUT2D eigenvalue weighted by atomic mass is 9.83. The van der Waals surface area contributed by atoms with Gasteiger partial charge in [0.1, 0.15) is 10.0 Å². The first-order valence-electron chi connectivity index (χ1n) is 5.64. The molecule has 0 bridgehead atoms. The third-order valence-electron chi connectivity index (χ3n) is 3.08. The lowest BCUT2D eigenvalue weighted by molar-refractivity contribution is 0.342. The summed E-state index contributed by atoms with van der Waals surface area (Å²) in [7, 11) is 0. The van der Waals surface area contributed by atoms with Crippen LogP contribution in [-0.4, -0.2) is 10.2 Å². The average Bonchev–Trinajstić information content (AvgIpc) is 2.66. The third-order valence-corrected chi connectivity index (χ3v) is 4.69. The van der Waals surface area contributed by atoms with Gasteiger partial charge in [-0.3, -0.25) is 0 Å². The Hall–Kier alpha value is -0.150. The summed E-state index contributed by atoms with van der Waals surface area (Å²) >= 11 is 7.69. The van der Waals surface area contributed by atoms with Crippen LogP contribution < -0.4 is 0 Å². The normalized spacial score (nSPS) is 29.0. The molecule has 2 nitrogen and oxygen atoms in total. The molecule has 0 aliphatic heterocycles. The smallest absolute Gasteiger partial charge is 0.135 e. The zero-order valence-electron chi connectivity index (χ0n) is 9.24. The molecule has 1 aliphatic carbocycles. The van der Waals surface area contributed by atoms with Gasteiger partial charge in [0.05, 0.1) is 5.38 Å². The van der Waals surface area contributed by atoms with Crippen molar-refractivity contribution in [3.8, 4) is 0 Å². The van der Waals surface area contributed by atoms with Gasteiger partial charge in [-0.05, 0) is 25.7 Å². The highest BCUT2D eigenvalue weighted by Crippen LogP contribution is 2.38. The summed E-state index contributed by atoms with van der Waals surface area (Å²) in [6.45, 7) is 4.29. The molecular formula is C11H17ClN2S. The molecular weight excluding hydrogens is 228 g/mol. The molecule has 0 spiro atoms. The Morgan fingerprint density at radius 2 is 2.20 bits per heavy atom. The van der Waals surface area contributed by atoms with E-state index in [-0.39, 0.29) is 5.38 Å². The quantitative estimate of drug-likeness (QED) is 0.731. The molecule has 4 heteroatoms. The van der Waals surface area contributed by atoms with Crippen molar-refractivity contribution in [3.05, 3.63) is 10.0 Å². The van der Waals surface area contributed by atoms with Crippen molar-refractivity contribution < 1.29 is 0 Å². The van der Waals surface area contributed by atoms with Crippen LogP contribution in [0.2, 0.25) is 0 Å². The molecule has 0 radical (unpaired) electrons. The van der Waals surface area contributed by atoms with E-state index in [4.69, 9.17) is 11.6 Å². The van der Waals surface area contributed by atoms with Gasteiger partial charge >= 0.3 is 0 Å². The van der Waals surface area contributed by atoms with E-state index in [2.05, 4.69) is 17.1 Å². The van der Waals surface area contributed by atoms with E-state index in [9.17, 15) is 0 Å². The number of alkyl halides is 1. The van der Waals surface area contributed by atoms with Crippen LogP contribution in [0.15, 0.2) is 0 Å². The van der Waals surface area contributed by atoms with Gasteiger partial charge in [-0.15, -0.1) is 21.8 Å². The Morgan fingerprint density at radius 1 is 1.40 bits per heavy atom. The number of hydrogen-bond acceptors (Lipinski definition) is 3. The largest absolute Gasteiger partial charge is 0.143 e. The van der Waals surface area contributed by atoms with Crippen molar-refractivity contribution in [2.45, 2.75) is 50.8 Å². The fraction of sp³-hybridized carbons (Fsp3) is 0.818. The van der Waals surface area contributed by atoms with E-state index in [0.29, 0.717) is 5.92 Å². The van der Waals surface area contributed by atoms with Gasteiger partial charge in [-0.1, -0.05) is 31.1 Å². The van der Waals surface area contributed by atoms with Crippen molar-refractivity contribution in [2.75, 3.05) is 0 Å². The standard InChI is InChI=1S/C11H17ClN2S/c1-7-4-3-5-9(6-7)11-14-13-10(15-11)8(2)12/h7-9H,3-6H2,1-2H3. The third kappa shape index (κ3) is 2.70. The SMILES string of the molecule is CC1CCCC(c2nnc(C(C)Cl)s2)C1. The summed E-state index contributed by atoms with van der Waals surface area (Å²) < 4.78 is 0. The van der Waals surface area contributed by atoms with Gasteiger partial charge < -0.3 is 0 Å². The lowest BCUT2D eigenvalue weighted by Crippen LogP contribution is -2.11. The Bertz CT molecular complexity index is 324. The minimum absolute atomic E-state index is 0.00253. The van der Waals surface area contributed by atoms with E-state index < -0.39 is 0 Å². The highest BCUT2D eigenvalue weighted by Gasteiger charge is 2.24. The minimum atomic E-state index is -0.00253. The molecule has 0 amide bonds. The maximum Gasteiger partial charge on any atom is 0.135 e. The number of rotatable bonds is 2. The summed E-state index contributed by atoms with van der Waals surface area (Å²) in [6, 6.07) is 0. The fourth-order valence-corrected chi connectivity index (χ4v) is 3.33. The maximum absolute atomic E-state index is 5.99. The summed E-state index contributed by atoms with van der Waals surface area (Å²) in [5, 5.41) is 10.6. The monoisotopic (exact) mass is 244 g/mol. The molecule has 15 heavy (non-hydrogen) atoms. The van der Waals surface area contributed by atoms with E-state index >= 15 is 0 Å². The molecule has 1 aromatic rings. The van der Waals surface area contributed by atoms with Gasteiger partial charge in [0.15, 0.2) is 0 Å². The molecule has 0 aromatic carbocycles. The molecule has 3 unspecified atom stereocenters. The van der Waals surface area contributed by atoms with Crippen LogP contribution in [0.1, 0.15) is 60.8 Å². The molecule has 1 fully saturated rings. The summed E-state index contributed by atoms with van der Waals surface area (Å²) in [4.78, 5) is 0. The second kappa shape index (κ2) is 4.79. The Balaban J connectivity index is 2.08. The van der Waals surface area contributed by atoms with Crippen molar-refractivity contribution in [1.29, 1.82) is 0 Å². The minimum Gasteiger partial charge on any atom is -0.143 e. The fourth-order valence-electron chi connectivity index (χ4n) is 2.23. The summed E-state index contributed by atoms with van der Waals surface area (Å²) in [5.74, 6) is 1.47. The first-order chi connectivity index (χ1) is 7.16. The molecule has 2 rings (SSSR count). The van der Waals surface area contributed by atoms with Crippen molar-refractivity contribution in [2.24, 2.45) is 5.92 Å². The van der Waals surface area contributed by atoms with Crippen LogP contribution in [0, 0.1) is 5.92 Å². The van der Waals surface area contributed by atoms with Gasteiger partial charge in [0.25, 0.3) is 0 Å². The van der Waals surface area contributed by atoms with Crippen molar-refractivity contribution >= 4 is 22.9 Å². The number of hydrogen-bond donors (Lipinski definition) is 0. The second-order valence-corrected chi connectivity index (χ2v) is 6.26. The number of aromatic nitrogens is 2. The second-order valence-electron chi connectivity index (χ2n) is 4.56. The van der Waals surface area contributed by atoms with Gasteiger partial charge in [-0.2, -0.15) is 0 Å². The highest BCUT2D eigenvalue weighted by atomic mass is 35.5. The summed E-state index contributed by atoms with van der Waals surface area (Å²) in [6.07, 6.45) is 5.24. The maximum atomic E-state index is 5.99. The van der Waals surface area contributed by atoms with Crippen LogP contribution >= 0.6 is 22.9 Å². The van der Waals surface area contributed by atoms with Crippen molar-refractivity contribution in [1.82, 2.24) is 10.2 Å². The number of nitrogens with zero attached hydrogens (tertiary/aromatic N) is 2. The predicted octanol–water partition coefficient (Wildman–Crippen LogP) is 4.13. The first-order valence-corrected chi connectivity index (χ1v) is 6.89. The van der Waals surface area contributed by atoms with E-state index in [1.165, 1.54) is 30.7 Å². The molecule has 1 heterocycles. The molecule has 1 aliphatic rings. The molecule has 1 saturated carbocycles. The van der Waals surface area contributed by atoms with E-state index in [1.807, 2.05) is 6.92 Å². The molecule has 84 valence electrons. The van der Waals surface area contributed by atoms with Crippen LogP contribution in [0.4, 0.5) is 0 Å². The van der Waals surface area contributed by atoms with Crippen LogP contribution in [0.5, 0.6) is 0 Å². The van der Waals surface area contributed by atoms with Crippen LogP contribution in [-0.2, 0) is 0 Å².